The standard InChI is InChI=1S/C2H6O5Si5/c1-12(2)6-10-4-8-3-9-5-11-7-12/h1-2H3. The number of hydrogen-bond acceptors (Lipinski definition) is 5. The van der Waals surface area contributed by atoms with E-state index in [1.807, 2.05) is 13.1 Å². The van der Waals surface area contributed by atoms with Crippen LogP contribution in [0.25, 0.3) is 0 Å². The summed E-state index contributed by atoms with van der Waals surface area (Å²) in [5.74, 6) is 0. The highest BCUT2D eigenvalue weighted by molar-refractivity contribution is 6.73. The molecule has 0 aromatic rings. The smallest absolute Gasteiger partial charge is 0.412 e. The molecule has 64 valence electrons. The summed E-state index contributed by atoms with van der Waals surface area (Å²) in [5.41, 5.74) is 0. The molecule has 5 nitrogen and oxygen atoms in total. The van der Waals surface area contributed by atoms with E-state index in [0.717, 1.165) is 0 Å². The van der Waals surface area contributed by atoms with Gasteiger partial charge in [-0.15, -0.1) is 0 Å². The zero-order valence-electron chi connectivity index (χ0n) is 6.54. The molecule has 1 aliphatic rings. The molecule has 0 saturated carbocycles. The normalized spacial score (nSPS) is 26.5. The Kier molecular flexibility index (Phi) is 5.10. The SMILES string of the molecule is C[Si]1(C)O[Si]O[Si]O[Si]O[Si]O1. The van der Waals surface area contributed by atoms with E-state index in [9.17, 15) is 0 Å². The molecule has 0 atom stereocenters. The first-order valence-electron chi connectivity index (χ1n) is 3.04. The van der Waals surface area contributed by atoms with E-state index in [2.05, 4.69) is 0 Å². The Balaban J connectivity index is 2.27. The van der Waals surface area contributed by atoms with E-state index in [1.165, 1.54) is 0 Å². The third-order valence-electron chi connectivity index (χ3n) is 0.825. The van der Waals surface area contributed by atoms with Gasteiger partial charge in [-0.3, -0.25) is 0 Å². The van der Waals surface area contributed by atoms with Crippen LogP contribution in [-0.2, 0) is 20.6 Å². The predicted molar refractivity (Wildman–Crippen MR) is 45.9 cm³/mol. The number of hydrogen-bond donors (Lipinski definition) is 0. The van der Waals surface area contributed by atoms with Crippen LogP contribution in [0.15, 0.2) is 0 Å². The van der Waals surface area contributed by atoms with Crippen molar-refractivity contribution < 1.29 is 20.6 Å². The zero-order chi connectivity index (χ0) is 8.86. The lowest BCUT2D eigenvalue weighted by atomic mass is 11.9. The lowest BCUT2D eigenvalue weighted by Crippen LogP contribution is -2.40. The first kappa shape index (κ1) is 11.0. The van der Waals surface area contributed by atoms with Gasteiger partial charge in [-0.1, -0.05) is 0 Å². The minimum Gasteiger partial charge on any atom is -0.414 e. The van der Waals surface area contributed by atoms with Crippen LogP contribution in [0, 0.1) is 0 Å². The van der Waals surface area contributed by atoms with Gasteiger partial charge in [-0.05, 0) is 13.1 Å². The lowest BCUT2D eigenvalue weighted by Gasteiger charge is -2.22. The molecular weight excluding hydrogens is 244 g/mol. The van der Waals surface area contributed by atoms with Crippen molar-refractivity contribution in [2.24, 2.45) is 0 Å². The third-order valence-corrected chi connectivity index (χ3v) is 7.42. The number of rotatable bonds is 0. The molecule has 0 spiro atoms. The summed E-state index contributed by atoms with van der Waals surface area (Å²) < 4.78 is 25.8. The molecule has 0 unspecified atom stereocenters. The van der Waals surface area contributed by atoms with E-state index >= 15 is 0 Å². The average molecular weight is 250 g/mol. The van der Waals surface area contributed by atoms with Crippen molar-refractivity contribution in [1.82, 2.24) is 0 Å². The largest absolute Gasteiger partial charge is 0.414 e. The maximum atomic E-state index is 5.39. The Morgan fingerprint density at radius 1 is 0.750 bits per heavy atom. The van der Waals surface area contributed by atoms with Crippen molar-refractivity contribution >= 4 is 48.6 Å². The van der Waals surface area contributed by atoms with E-state index in [1.54, 1.807) is 0 Å². The second kappa shape index (κ2) is 5.58. The lowest BCUT2D eigenvalue weighted by molar-refractivity contribution is 0.321. The van der Waals surface area contributed by atoms with E-state index in [4.69, 9.17) is 20.6 Å². The van der Waals surface area contributed by atoms with Crippen molar-refractivity contribution in [3.8, 4) is 0 Å². The van der Waals surface area contributed by atoms with Gasteiger partial charge in [-0.2, -0.15) is 0 Å². The first-order valence-corrected chi connectivity index (χ1v) is 9.12. The van der Waals surface area contributed by atoms with Crippen LogP contribution in [0.1, 0.15) is 0 Å². The summed E-state index contributed by atoms with van der Waals surface area (Å²) >= 11 is 0. The predicted octanol–water partition coefficient (Wildman–Crippen LogP) is -1.08. The highest BCUT2D eigenvalue weighted by atomic mass is 28.5. The molecule has 1 rings (SSSR count). The second-order valence-corrected chi connectivity index (χ2v) is 9.79. The highest BCUT2D eigenvalue weighted by Crippen LogP contribution is 2.04. The Morgan fingerprint density at radius 2 is 1.17 bits per heavy atom. The van der Waals surface area contributed by atoms with Crippen molar-refractivity contribution in [2.45, 2.75) is 13.1 Å². The van der Waals surface area contributed by atoms with Crippen LogP contribution in [0.2, 0.25) is 13.1 Å². The molecule has 0 aromatic heterocycles. The van der Waals surface area contributed by atoms with Crippen LogP contribution in [0.4, 0.5) is 0 Å². The summed E-state index contributed by atoms with van der Waals surface area (Å²) in [4.78, 5) is 0. The molecule has 0 aliphatic carbocycles. The monoisotopic (exact) mass is 250 g/mol. The fourth-order valence-electron chi connectivity index (χ4n) is 0.356. The molecular formula is C2H6O5Si5. The Hall–Kier alpha value is 0.884. The molecule has 0 amide bonds. The molecule has 0 aromatic carbocycles. The quantitative estimate of drug-likeness (QED) is 0.512. The fraction of sp³-hybridized carbons (Fsp3) is 1.00. The van der Waals surface area contributed by atoms with Crippen molar-refractivity contribution in [2.75, 3.05) is 0 Å². The van der Waals surface area contributed by atoms with Gasteiger partial charge in [0.05, 0.1) is 0 Å². The van der Waals surface area contributed by atoms with Gasteiger partial charge in [0.1, 0.15) is 0 Å². The topological polar surface area (TPSA) is 46.2 Å². The van der Waals surface area contributed by atoms with Crippen LogP contribution >= 0.6 is 0 Å². The summed E-state index contributed by atoms with van der Waals surface area (Å²) in [6, 6.07) is 0. The Bertz CT molecular complexity index is 119. The molecule has 10 heteroatoms. The van der Waals surface area contributed by atoms with E-state index in [-0.39, 0.29) is 40.0 Å². The molecule has 0 bridgehead atoms. The summed E-state index contributed by atoms with van der Waals surface area (Å²) in [6.07, 6.45) is 0. The summed E-state index contributed by atoms with van der Waals surface area (Å²) in [5, 5.41) is 0. The maximum absolute atomic E-state index is 5.39. The second-order valence-electron chi connectivity index (χ2n) is 2.24. The minimum absolute atomic E-state index is 0.00463. The summed E-state index contributed by atoms with van der Waals surface area (Å²) in [7, 11) is -1.97. The van der Waals surface area contributed by atoms with Crippen molar-refractivity contribution in [3.63, 3.8) is 0 Å². The summed E-state index contributed by atoms with van der Waals surface area (Å²) in [6.45, 7) is 3.91. The van der Waals surface area contributed by atoms with Crippen LogP contribution in [0.5, 0.6) is 0 Å². The highest BCUT2D eigenvalue weighted by Gasteiger charge is 2.26. The molecule has 12 heavy (non-hydrogen) atoms. The van der Waals surface area contributed by atoms with Gasteiger partial charge in [0.2, 0.25) is 0 Å². The van der Waals surface area contributed by atoms with Gasteiger partial charge in [0.15, 0.2) is 0 Å². The van der Waals surface area contributed by atoms with Crippen molar-refractivity contribution in [1.29, 1.82) is 0 Å². The molecule has 8 radical (unpaired) electrons. The molecule has 1 fully saturated rings. The molecule has 1 heterocycles. The van der Waals surface area contributed by atoms with Gasteiger partial charge < -0.3 is 20.6 Å². The van der Waals surface area contributed by atoms with Gasteiger partial charge in [-0.25, -0.2) is 0 Å². The maximum Gasteiger partial charge on any atom is 0.412 e. The molecule has 1 saturated heterocycles. The average Bonchev–Trinajstić information content (AvgIpc) is 2.02. The minimum atomic E-state index is -2.00. The van der Waals surface area contributed by atoms with Crippen LogP contribution in [-0.4, -0.2) is 48.6 Å². The fourth-order valence-corrected chi connectivity index (χ4v) is 5.08. The first-order chi connectivity index (χ1) is 5.71. The Labute approximate surface area is 82.6 Å². The Morgan fingerprint density at radius 3 is 1.67 bits per heavy atom. The van der Waals surface area contributed by atoms with Crippen molar-refractivity contribution in [3.05, 3.63) is 0 Å². The zero-order valence-corrected chi connectivity index (χ0v) is 11.5. The molecule has 0 N–H and O–H groups in total. The van der Waals surface area contributed by atoms with Crippen LogP contribution < -0.4 is 0 Å². The van der Waals surface area contributed by atoms with Crippen LogP contribution in [0.3, 0.4) is 0 Å². The van der Waals surface area contributed by atoms with E-state index in [0.29, 0.717) is 0 Å². The van der Waals surface area contributed by atoms with Gasteiger partial charge in [0.25, 0.3) is 0 Å². The molecule has 1 aliphatic heterocycles. The van der Waals surface area contributed by atoms with Gasteiger partial charge >= 0.3 is 48.6 Å². The van der Waals surface area contributed by atoms with E-state index < -0.39 is 8.56 Å². The van der Waals surface area contributed by atoms with Gasteiger partial charge in [0, 0.05) is 0 Å². The third kappa shape index (κ3) is 4.80.